The number of nitrogens with one attached hydrogen (secondary N) is 1. The van der Waals surface area contributed by atoms with E-state index >= 15 is 0 Å². The zero-order valence-electron chi connectivity index (χ0n) is 25.9. The Kier molecular flexibility index (Phi) is 9.46. The first-order valence-electron chi connectivity index (χ1n) is 15.7. The van der Waals surface area contributed by atoms with Crippen LogP contribution in [0.3, 0.4) is 0 Å². The Balaban J connectivity index is 1.33. The molecule has 10 heteroatoms. The van der Waals surface area contributed by atoms with Crippen molar-refractivity contribution in [1.82, 2.24) is 20.2 Å². The standard InChI is InChI=1S/C36H39N7O3/c1-46-22-33-40-35(42-41-33)25-14-16-28(17-15-25)43(36(45)26-12-10-23(21-37)11-13-26)32(34(38)44)20-24-5-2-6-27(19-24)29-7-3-9-31-30(29)8-4-18-39-31/h2-9,14-19,23,26,32H,10-13,20-22,37H2,1H3,(H2,38,44)(H,40,41,42)/t23?,26?,32-/m0/s1. The summed E-state index contributed by atoms with van der Waals surface area (Å²) in [6.45, 7) is 0.936. The van der Waals surface area contributed by atoms with Gasteiger partial charge in [-0.05, 0) is 91.2 Å². The zero-order chi connectivity index (χ0) is 32.0. The number of H-pyrrole nitrogens is 1. The van der Waals surface area contributed by atoms with Gasteiger partial charge < -0.3 is 16.2 Å². The topological polar surface area (TPSA) is 153 Å². The molecule has 1 atom stereocenters. The number of anilines is 1. The smallest absolute Gasteiger partial charge is 0.240 e. The van der Waals surface area contributed by atoms with E-state index in [1.165, 1.54) is 0 Å². The molecule has 0 aliphatic heterocycles. The summed E-state index contributed by atoms with van der Waals surface area (Å²) in [4.78, 5) is 38.2. The van der Waals surface area contributed by atoms with Crippen molar-refractivity contribution in [3.8, 4) is 22.5 Å². The molecule has 2 amide bonds. The van der Waals surface area contributed by atoms with Gasteiger partial charge in [0.2, 0.25) is 11.8 Å². The fourth-order valence-electron chi connectivity index (χ4n) is 6.46. The van der Waals surface area contributed by atoms with E-state index in [-0.39, 0.29) is 18.2 Å². The number of nitrogens with two attached hydrogens (primary N) is 2. The maximum Gasteiger partial charge on any atom is 0.240 e. The molecule has 5 aromatic rings. The minimum absolute atomic E-state index is 0.0939. The maximum absolute atomic E-state index is 14.3. The highest BCUT2D eigenvalue weighted by molar-refractivity contribution is 6.02. The number of benzene rings is 3. The summed E-state index contributed by atoms with van der Waals surface area (Å²) in [5, 5.41) is 8.21. The highest BCUT2D eigenvalue weighted by Crippen LogP contribution is 2.34. The average molecular weight is 618 g/mol. The third-order valence-corrected chi connectivity index (χ3v) is 8.94. The molecule has 2 aromatic heterocycles. The van der Waals surface area contributed by atoms with E-state index < -0.39 is 11.9 Å². The highest BCUT2D eigenvalue weighted by atomic mass is 16.5. The Morgan fingerprint density at radius 3 is 2.50 bits per heavy atom. The molecule has 1 saturated carbocycles. The quantitative estimate of drug-likeness (QED) is 0.188. The van der Waals surface area contributed by atoms with Crippen molar-refractivity contribution >= 4 is 28.4 Å². The SMILES string of the molecule is COCc1nc(-c2ccc(N(C(=O)C3CCC(CN)CC3)[C@@H](Cc3cccc(-c4cccc5ncccc45)c3)C(N)=O)cc2)n[nH]1. The van der Waals surface area contributed by atoms with Gasteiger partial charge in [0.1, 0.15) is 12.6 Å². The first-order valence-corrected chi connectivity index (χ1v) is 15.7. The molecule has 0 spiro atoms. The molecule has 3 aromatic carbocycles. The van der Waals surface area contributed by atoms with Crippen LogP contribution < -0.4 is 16.4 Å². The van der Waals surface area contributed by atoms with Crippen molar-refractivity contribution in [2.24, 2.45) is 23.3 Å². The van der Waals surface area contributed by atoms with Gasteiger partial charge in [0.05, 0.1) is 5.52 Å². The molecular formula is C36H39N7O3. The highest BCUT2D eigenvalue weighted by Gasteiger charge is 2.36. The third-order valence-electron chi connectivity index (χ3n) is 8.94. The molecule has 0 saturated heterocycles. The summed E-state index contributed by atoms with van der Waals surface area (Å²) in [5.74, 6) is 0.670. The third kappa shape index (κ3) is 6.68. The Labute approximate surface area is 268 Å². The van der Waals surface area contributed by atoms with E-state index in [9.17, 15) is 9.59 Å². The number of rotatable bonds is 11. The van der Waals surface area contributed by atoms with Crippen LogP contribution in [-0.2, 0) is 27.4 Å². The Morgan fingerprint density at radius 2 is 1.76 bits per heavy atom. The predicted octanol–water partition coefficient (Wildman–Crippen LogP) is 5.03. The Hall–Kier alpha value is -4.93. The van der Waals surface area contributed by atoms with Crippen LogP contribution in [0.4, 0.5) is 5.69 Å². The normalized spacial score (nSPS) is 17.1. The second-order valence-electron chi connectivity index (χ2n) is 11.9. The van der Waals surface area contributed by atoms with Crippen molar-refractivity contribution < 1.29 is 14.3 Å². The molecule has 6 rings (SSSR count). The molecule has 0 bridgehead atoms. The van der Waals surface area contributed by atoms with Gasteiger partial charge >= 0.3 is 0 Å². The molecule has 1 aliphatic rings. The van der Waals surface area contributed by atoms with Crippen LogP contribution in [-0.4, -0.2) is 51.7 Å². The lowest BCUT2D eigenvalue weighted by Crippen LogP contribution is -2.52. The minimum Gasteiger partial charge on any atom is -0.377 e. The lowest BCUT2D eigenvalue weighted by molar-refractivity contribution is -0.127. The van der Waals surface area contributed by atoms with E-state index in [2.05, 4.69) is 38.4 Å². The number of fused-ring (bicyclic) bond motifs is 1. The number of carbonyl (C=O) groups excluding carboxylic acids is 2. The molecule has 10 nitrogen and oxygen atoms in total. The number of pyridine rings is 1. The lowest BCUT2D eigenvalue weighted by atomic mass is 9.81. The van der Waals surface area contributed by atoms with Gasteiger partial charge in [0.25, 0.3) is 0 Å². The number of aromatic amines is 1. The number of nitrogens with zero attached hydrogens (tertiary/aromatic N) is 4. The van der Waals surface area contributed by atoms with Crippen LogP contribution in [0.1, 0.15) is 37.1 Å². The van der Waals surface area contributed by atoms with Gasteiger partial charge in [-0.25, -0.2) is 4.98 Å². The number of primary amides is 1. The number of aromatic nitrogens is 4. The Bertz CT molecular complexity index is 1810. The van der Waals surface area contributed by atoms with Crippen LogP contribution in [0.15, 0.2) is 85.1 Å². The van der Waals surface area contributed by atoms with E-state index in [0.717, 1.165) is 58.8 Å². The van der Waals surface area contributed by atoms with Crippen LogP contribution in [0.2, 0.25) is 0 Å². The monoisotopic (exact) mass is 617 g/mol. The van der Waals surface area contributed by atoms with Crippen molar-refractivity contribution in [2.75, 3.05) is 18.6 Å². The second-order valence-corrected chi connectivity index (χ2v) is 11.9. The summed E-state index contributed by atoms with van der Waals surface area (Å²) in [5.41, 5.74) is 17.3. The largest absolute Gasteiger partial charge is 0.377 e. The van der Waals surface area contributed by atoms with Gasteiger partial charge in [0.15, 0.2) is 11.6 Å². The summed E-state index contributed by atoms with van der Waals surface area (Å²) < 4.78 is 5.14. The molecule has 1 aliphatic carbocycles. The van der Waals surface area contributed by atoms with Gasteiger partial charge in [-0.15, -0.1) is 0 Å². The predicted molar refractivity (Wildman–Crippen MR) is 178 cm³/mol. The van der Waals surface area contributed by atoms with Crippen LogP contribution in [0.25, 0.3) is 33.4 Å². The fraction of sp³-hybridized carbons (Fsp3) is 0.306. The lowest BCUT2D eigenvalue weighted by Gasteiger charge is -2.35. The summed E-state index contributed by atoms with van der Waals surface area (Å²) in [6, 6.07) is 24.6. The number of carbonyl (C=O) groups is 2. The first kappa shape index (κ1) is 31.1. The maximum atomic E-state index is 14.3. The van der Waals surface area contributed by atoms with Crippen molar-refractivity contribution in [3.05, 3.63) is 96.4 Å². The molecule has 0 unspecified atom stereocenters. The van der Waals surface area contributed by atoms with Crippen LogP contribution in [0, 0.1) is 11.8 Å². The molecule has 1 fully saturated rings. The van der Waals surface area contributed by atoms with E-state index in [0.29, 0.717) is 36.4 Å². The molecule has 5 N–H and O–H groups in total. The summed E-state index contributed by atoms with van der Waals surface area (Å²) in [6.07, 6.45) is 5.27. The molecular weight excluding hydrogens is 578 g/mol. The van der Waals surface area contributed by atoms with Crippen molar-refractivity contribution in [3.63, 3.8) is 0 Å². The van der Waals surface area contributed by atoms with Crippen molar-refractivity contribution in [1.29, 1.82) is 0 Å². The minimum atomic E-state index is -0.896. The molecule has 2 heterocycles. The zero-order valence-corrected chi connectivity index (χ0v) is 25.9. The molecule has 236 valence electrons. The van der Waals surface area contributed by atoms with Gasteiger partial charge in [-0.1, -0.05) is 42.5 Å². The number of hydrogen-bond acceptors (Lipinski definition) is 7. The molecule has 0 radical (unpaired) electrons. The van der Waals surface area contributed by atoms with Gasteiger partial charge in [-0.3, -0.25) is 24.6 Å². The first-order chi connectivity index (χ1) is 22.4. The number of hydrogen-bond donors (Lipinski definition) is 3. The van der Waals surface area contributed by atoms with Crippen LogP contribution >= 0.6 is 0 Å². The van der Waals surface area contributed by atoms with Gasteiger partial charge in [-0.2, -0.15) is 5.10 Å². The second kappa shape index (κ2) is 14.0. The van der Waals surface area contributed by atoms with E-state index in [1.54, 1.807) is 18.2 Å². The number of methoxy groups -OCH3 is 1. The van der Waals surface area contributed by atoms with E-state index in [1.807, 2.05) is 60.7 Å². The number of amides is 2. The summed E-state index contributed by atoms with van der Waals surface area (Å²) in [7, 11) is 1.59. The van der Waals surface area contributed by atoms with Crippen LogP contribution in [0.5, 0.6) is 0 Å². The summed E-state index contributed by atoms with van der Waals surface area (Å²) >= 11 is 0. The van der Waals surface area contributed by atoms with Crippen molar-refractivity contribution in [2.45, 2.75) is 44.8 Å². The fourth-order valence-corrected chi connectivity index (χ4v) is 6.46. The molecule has 46 heavy (non-hydrogen) atoms. The Morgan fingerprint density at radius 1 is 0.978 bits per heavy atom. The number of ether oxygens (including phenoxy) is 1. The van der Waals surface area contributed by atoms with Gasteiger partial charge in [0, 0.05) is 42.3 Å². The van der Waals surface area contributed by atoms with E-state index in [4.69, 9.17) is 16.2 Å². The average Bonchev–Trinajstić information content (AvgIpc) is 3.57.